The van der Waals surface area contributed by atoms with E-state index in [-0.39, 0.29) is 0 Å². The van der Waals surface area contributed by atoms with Crippen LogP contribution in [-0.4, -0.2) is 10.9 Å². The van der Waals surface area contributed by atoms with Gasteiger partial charge in [0.05, 0.1) is 5.71 Å². The first-order valence-electron chi connectivity index (χ1n) is 5.22. The second-order valence-corrected chi connectivity index (χ2v) is 4.10. The number of nitrogens with zero attached hydrogens (tertiary/aromatic N) is 1. The lowest BCUT2D eigenvalue weighted by Crippen LogP contribution is -2.12. The Hall–Kier alpha value is -1.57. The average Bonchev–Trinajstić information content (AvgIpc) is 2.29. The van der Waals surface area contributed by atoms with Gasteiger partial charge < -0.3 is 5.21 Å². The van der Waals surface area contributed by atoms with Crippen molar-refractivity contribution in [3.8, 4) is 0 Å². The first kappa shape index (κ1) is 9.97. The fourth-order valence-corrected chi connectivity index (χ4v) is 2.15. The lowest BCUT2D eigenvalue weighted by atomic mass is 9.83. The van der Waals surface area contributed by atoms with E-state index in [0.717, 1.165) is 18.6 Å². The van der Waals surface area contributed by atoms with E-state index in [2.05, 4.69) is 36.3 Å². The Balaban J connectivity index is 2.24. The summed E-state index contributed by atoms with van der Waals surface area (Å²) in [6, 6.07) is 10.4. The molecule has 0 bridgehead atoms. The van der Waals surface area contributed by atoms with Gasteiger partial charge in [0.1, 0.15) is 0 Å². The fourth-order valence-electron chi connectivity index (χ4n) is 2.15. The molecule has 1 aromatic carbocycles. The molecule has 1 unspecified atom stereocenters. The summed E-state index contributed by atoms with van der Waals surface area (Å²) in [6.45, 7) is 2.08. The van der Waals surface area contributed by atoms with Gasteiger partial charge in [-0.05, 0) is 30.9 Å². The normalized spacial score (nSPS) is 23.9. The maximum Gasteiger partial charge on any atom is 0.0801 e. The predicted octanol–water partition coefficient (Wildman–Crippen LogP) is 3.34. The van der Waals surface area contributed by atoms with E-state index in [4.69, 9.17) is 5.21 Å². The topological polar surface area (TPSA) is 32.6 Å². The lowest BCUT2D eigenvalue weighted by Gasteiger charge is -2.21. The predicted molar refractivity (Wildman–Crippen MR) is 61.4 cm³/mol. The Morgan fingerprint density at radius 1 is 1.20 bits per heavy atom. The maximum atomic E-state index is 8.82. The Morgan fingerprint density at radius 2 is 1.93 bits per heavy atom. The van der Waals surface area contributed by atoms with Gasteiger partial charge in [0.25, 0.3) is 0 Å². The molecule has 0 radical (unpaired) electrons. The molecule has 2 nitrogen and oxygen atoms in total. The van der Waals surface area contributed by atoms with E-state index in [1.165, 1.54) is 11.1 Å². The summed E-state index contributed by atoms with van der Waals surface area (Å²) < 4.78 is 0. The van der Waals surface area contributed by atoms with E-state index in [1.807, 2.05) is 12.1 Å². The minimum absolute atomic E-state index is 0.460. The average molecular weight is 201 g/mol. The van der Waals surface area contributed by atoms with Crippen LogP contribution in [0.3, 0.4) is 0 Å². The largest absolute Gasteiger partial charge is 0.411 e. The first-order valence-corrected chi connectivity index (χ1v) is 5.22. The number of oxime groups is 1. The molecule has 2 heteroatoms. The molecule has 0 fully saturated rings. The third kappa shape index (κ3) is 2.27. The van der Waals surface area contributed by atoms with Gasteiger partial charge in [-0.1, -0.05) is 41.1 Å². The molecule has 0 heterocycles. The molecule has 2 rings (SSSR count). The minimum atomic E-state index is 0.460. The van der Waals surface area contributed by atoms with Gasteiger partial charge in [0, 0.05) is 6.42 Å². The van der Waals surface area contributed by atoms with E-state index in [1.54, 1.807) is 0 Å². The molecule has 0 saturated heterocycles. The van der Waals surface area contributed by atoms with Gasteiger partial charge in [-0.3, -0.25) is 0 Å². The number of rotatable bonds is 1. The standard InChI is InChI=1S/C13H15NO/c1-10-7-12(9-13(8-10)14-15)11-5-3-2-4-6-11/h2-6,8,12,15H,7,9H2,1H3/b14-13-. The minimum Gasteiger partial charge on any atom is -0.411 e. The SMILES string of the molecule is CC1=C/C(=N/O)CC(c2ccccc2)C1. The van der Waals surface area contributed by atoms with Crippen LogP contribution in [0.2, 0.25) is 0 Å². The van der Waals surface area contributed by atoms with Crippen molar-refractivity contribution in [2.45, 2.75) is 25.7 Å². The molecule has 0 amide bonds. The van der Waals surface area contributed by atoms with Gasteiger partial charge in [-0.2, -0.15) is 0 Å². The Bertz CT molecular complexity index is 392. The highest BCUT2D eigenvalue weighted by Gasteiger charge is 2.19. The van der Waals surface area contributed by atoms with Crippen molar-refractivity contribution in [3.05, 3.63) is 47.5 Å². The van der Waals surface area contributed by atoms with Crippen molar-refractivity contribution < 1.29 is 5.21 Å². The maximum absolute atomic E-state index is 8.82. The molecule has 0 saturated carbocycles. The molecule has 0 aliphatic heterocycles. The van der Waals surface area contributed by atoms with E-state index < -0.39 is 0 Å². The van der Waals surface area contributed by atoms with Crippen molar-refractivity contribution in [1.82, 2.24) is 0 Å². The summed E-state index contributed by atoms with van der Waals surface area (Å²) in [5.41, 5.74) is 3.39. The zero-order chi connectivity index (χ0) is 10.7. The summed E-state index contributed by atoms with van der Waals surface area (Å²) in [7, 11) is 0. The quantitative estimate of drug-likeness (QED) is 0.548. The summed E-state index contributed by atoms with van der Waals surface area (Å²) in [6.07, 6.45) is 3.86. The molecule has 1 aromatic rings. The van der Waals surface area contributed by atoms with Crippen molar-refractivity contribution in [2.75, 3.05) is 0 Å². The van der Waals surface area contributed by atoms with E-state index >= 15 is 0 Å². The smallest absolute Gasteiger partial charge is 0.0801 e. The van der Waals surface area contributed by atoms with Crippen LogP contribution in [0.1, 0.15) is 31.2 Å². The number of benzene rings is 1. The molecule has 1 aliphatic carbocycles. The highest BCUT2D eigenvalue weighted by Crippen LogP contribution is 2.31. The van der Waals surface area contributed by atoms with Crippen LogP contribution in [0, 0.1) is 0 Å². The zero-order valence-corrected chi connectivity index (χ0v) is 8.85. The molecule has 1 N–H and O–H groups in total. The monoisotopic (exact) mass is 201 g/mol. The fraction of sp³-hybridized carbons (Fsp3) is 0.308. The van der Waals surface area contributed by atoms with Gasteiger partial charge in [0.15, 0.2) is 0 Å². The Kier molecular flexibility index (Phi) is 2.86. The van der Waals surface area contributed by atoms with E-state index in [9.17, 15) is 0 Å². The number of hydrogen-bond donors (Lipinski definition) is 1. The van der Waals surface area contributed by atoms with Gasteiger partial charge in [0.2, 0.25) is 0 Å². The zero-order valence-electron chi connectivity index (χ0n) is 8.85. The third-order valence-corrected chi connectivity index (χ3v) is 2.84. The molecule has 15 heavy (non-hydrogen) atoms. The van der Waals surface area contributed by atoms with Crippen LogP contribution in [0.4, 0.5) is 0 Å². The van der Waals surface area contributed by atoms with Crippen molar-refractivity contribution in [1.29, 1.82) is 0 Å². The Labute approximate surface area is 89.9 Å². The summed E-state index contributed by atoms with van der Waals surface area (Å²) in [4.78, 5) is 0. The van der Waals surface area contributed by atoms with Gasteiger partial charge in [-0.25, -0.2) is 0 Å². The lowest BCUT2D eigenvalue weighted by molar-refractivity contribution is 0.317. The van der Waals surface area contributed by atoms with Gasteiger partial charge in [-0.15, -0.1) is 0 Å². The highest BCUT2D eigenvalue weighted by atomic mass is 16.4. The second-order valence-electron chi connectivity index (χ2n) is 4.10. The van der Waals surface area contributed by atoms with Crippen molar-refractivity contribution >= 4 is 5.71 Å². The van der Waals surface area contributed by atoms with Crippen LogP contribution < -0.4 is 0 Å². The molecule has 1 aliphatic rings. The molecule has 0 aromatic heterocycles. The van der Waals surface area contributed by atoms with E-state index in [0.29, 0.717) is 5.92 Å². The van der Waals surface area contributed by atoms with Crippen LogP contribution in [-0.2, 0) is 0 Å². The van der Waals surface area contributed by atoms with Crippen LogP contribution in [0.5, 0.6) is 0 Å². The molecule has 78 valence electrons. The van der Waals surface area contributed by atoms with Crippen LogP contribution in [0.25, 0.3) is 0 Å². The van der Waals surface area contributed by atoms with Crippen molar-refractivity contribution in [2.24, 2.45) is 5.16 Å². The first-order chi connectivity index (χ1) is 7.29. The van der Waals surface area contributed by atoms with Gasteiger partial charge >= 0.3 is 0 Å². The number of allylic oxidation sites excluding steroid dienone is 2. The molecule has 0 spiro atoms. The molecular formula is C13H15NO. The molecule has 1 atom stereocenters. The van der Waals surface area contributed by atoms with Crippen LogP contribution >= 0.6 is 0 Å². The second kappa shape index (κ2) is 4.30. The summed E-state index contributed by atoms with van der Waals surface area (Å²) in [5, 5.41) is 12.1. The van der Waals surface area contributed by atoms with Crippen molar-refractivity contribution in [3.63, 3.8) is 0 Å². The summed E-state index contributed by atoms with van der Waals surface area (Å²) in [5.74, 6) is 0.460. The summed E-state index contributed by atoms with van der Waals surface area (Å²) >= 11 is 0. The highest BCUT2D eigenvalue weighted by molar-refractivity contribution is 5.96. The molecular weight excluding hydrogens is 186 g/mol. The Morgan fingerprint density at radius 3 is 2.60 bits per heavy atom. The van der Waals surface area contributed by atoms with Crippen LogP contribution in [0.15, 0.2) is 47.1 Å². The number of hydrogen-bond acceptors (Lipinski definition) is 2. The third-order valence-electron chi connectivity index (χ3n) is 2.84.